The van der Waals surface area contributed by atoms with Crippen molar-refractivity contribution in [3.8, 4) is 11.8 Å². The Morgan fingerprint density at radius 3 is 2.16 bits per heavy atom. The van der Waals surface area contributed by atoms with Gasteiger partial charge in [-0.3, -0.25) is 0 Å². The molecule has 4 N–H and O–H groups in total. The summed E-state index contributed by atoms with van der Waals surface area (Å²) >= 11 is 0. The van der Waals surface area contributed by atoms with E-state index in [1.807, 2.05) is 6.07 Å². The second kappa shape index (κ2) is 22.5. The van der Waals surface area contributed by atoms with Crippen molar-refractivity contribution in [1.29, 1.82) is 0 Å². The van der Waals surface area contributed by atoms with Crippen LogP contribution in [0.3, 0.4) is 0 Å². The molecule has 0 amide bonds. The van der Waals surface area contributed by atoms with E-state index in [0.29, 0.717) is 49.6 Å². The molecule has 1 aliphatic rings. The summed E-state index contributed by atoms with van der Waals surface area (Å²) < 4.78 is 83.2. The fourth-order valence-corrected chi connectivity index (χ4v) is 6.33. The third kappa shape index (κ3) is 14.7. The molecule has 0 bridgehead atoms. The first-order valence-electron chi connectivity index (χ1n) is 15.7. The van der Waals surface area contributed by atoms with Crippen LogP contribution in [0.25, 0.3) is 10.9 Å². The zero-order chi connectivity index (χ0) is 33.7. The number of nitrogens with one attached hydrogen (secondary N) is 2. The lowest BCUT2D eigenvalue weighted by Gasteiger charge is -2.30. The van der Waals surface area contributed by atoms with Crippen LogP contribution in [0.1, 0.15) is 18.5 Å². The number of likely N-dealkylation sites (tertiary alicyclic amines) is 1. The predicted molar refractivity (Wildman–Crippen MR) is 199 cm³/mol. The van der Waals surface area contributed by atoms with Crippen molar-refractivity contribution in [2.75, 3.05) is 89.3 Å². The normalized spacial score (nSPS) is 13.8. The lowest BCUT2D eigenvalue weighted by molar-refractivity contribution is -0.140. The summed E-state index contributed by atoms with van der Waals surface area (Å²) in [5.41, 5.74) is 7.50. The number of hydrogen-bond donors (Lipinski definition) is 3. The molecular formula is C33H47Cl3F3N5O5S. The summed E-state index contributed by atoms with van der Waals surface area (Å²) in [4.78, 5) is 2.42. The minimum absolute atomic E-state index is 0. The molecule has 0 atom stereocenters. The van der Waals surface area contributed by atoms with Gasteiger partial charge in [0.25, 0.3) is 0 Å². The van der Waals surface area contributed by atoms with Gasteiger partial charge in [0.05, 0.1) is 68.0 Å². The minimum Gasteiger partial charge on any atom is -0.382 e. The Bertz CT molecular complexity index is 1590. The summed E-state index contributed by atoms with van der Waals surface area (Å²) in [6.07, 6.45) is -2.50. The molecule has 17 heteroatoms. The SMILES string of the molecule is CN1CCC(Nc2cccc3c2cc(C#CCNc2ccc(S(=O)(=O)CCOCCOCCOCCN)cc2)n3CC(F)(F)F)CC1.Cl.Cl.Cl. The number of halogens is 6. The third-order valence-corrected chi connectivity index (χ3v) is 9.37. The topological polar surface area (TPSA) is 120 Å². The number of piperidine rings is 1. The molecule has 0 spiro atoms. The maximum absolute atomic E-state index is 13.6. The van der Waals surface area contributed by atoms with E-state index in [4.69, 9.17) is 19.9 Å². The van der Waals surface area contributed by atoms with E-state index >= 15 is 0 Å². The van der Waals surface area contributed by atoms with E-state index < -0.39 is 22.6 Å². The van der Waals surface area contributed by atoms with Crippen molar-refractivity contribution in [3.63, 3.8) is 0 Å². The standard InChI is InChI=1S/C33H44F3N5O5S.3ClH/c1-40-15-11-27(12-16-40)39-31-5-2-6-32-30(31)24-28(41(32)25-33(34,35)36)4-3-14-38-26-7-9-29(10-8-26)47(42,43)23-22-46-21-20-45-19-18-44-17-13-37;;;/h2,5-10,24,27,38-39H,11-23,25,37H2,1H3;3*1H. The van der Waals surface area contributed by atoms with E-state index in [0.717, 1.165) is 31.6 Å². The molecule has 10 nitrogen and oxygen atoms in total. The number of sulfone groups is 1. The van der Waals surface area contributed by atoms with Crippen LogP contribution in [-0.4, -0.2) is 109 Å². The van der Waals surface area contributed by atoms with Crippen molar-refractivity contribution < 1.29 is 35.8 Å². The van der Waals surface area contributed by atoms with Gasteiger partial charge >= 0.3 is 6.18 Å². The molecule has 0 unspecified atom stereocenters. The van der Waals surface area contributed by atoms with Crippen LogP contribution in [0.2, 0.25) is 0 Å². The molecule has 1 fully saturated rings. The zero-order valence-electron chi connectivity index (χ0n) is 27.9. The molecule has 1 aromatic heterocycles. The lowest BCUT2D eigenvalue weighted by atomic mass is 10.0. The number of benzene rings is 2. The lowest BCUT2D eigenvalue weighted by Crippen LogP contribution is -2.36. The second-order valence-corrected chi connectivity index (χ2v) is 13.4. The smallest absolute Gasteiger partial charge is 0.382 e. The fourth-order valence-electron chi connectivity index (χ4n) is 5.21. The molecule has 0 aliphatic carbocycles. The highest BCUT2D eigenvalue weighted by Gasteiger charge is 2.30. The summed E-state index contributed by atoms with van der Waals surface area (Å²) in [6, 6.07) is 13.5. The van der Waals surface area contributed by atoms with Gasteiger partial charge in [0, 0.05) is 29.3 Å². The van der Waals surface area contributed by atoms with Gasteiger partial charge < -0.3 is 40.0 Å². The Labute approximate surface area is 311 Å². The van der Waals surface area contributed by atoms with Crippen molar-refractivity contribution in [1.82, 2.24) is 9.47 Å². The van der Waals surface area contributed by atoms with Gasteiger partial charge in [-0.15, -0.1) is 37.2 Å². The first kappa shape index (κ1) is 45.6. The van der Waals surface area contributed by atoms with Crippen LogP contribution in [-0.2, 0) is 30.6 Å². The van der Waals surface area contributed by atoms with Gasteiger partial charge in [-0.05, 0) is 81.4 Å². The number of nitrogens with two attached hydrogens (primary N) is 1. The predicted octanol–water partition coefficient (Wildman–Crippen LogP) is 5.22. The average molecular weight is 789 g/mol. The Morgan fingerprint density at radius 2 is 1.54 bits per heavy atom. The fraction of sp³-hybridized carbons (Fsp3) is 0.515. The van der Waals surface area contributed by atoms with Gasteiger partial charge in [0.2, 0.25) is 0 Å². The third-order valence-electron chi connectivity index (χ3n) is 7.67. The Hall–Kier alpha value is -2.45. The molecule has 3 aromatic rings. The molecule has 1 aliphatic heterocycles. The molecule has 282 valence electrons. The quantitative estimate of drug-likeness (QED) is 0.125. The Balaban J connectivity index is 0.00000417. The van der Waals surface area contributed by atoms with Gasteiger partial charge in [-0.1, -0.05) is 12.0 Å². The van der Waals surface area contributed by atoms with Crippen molar-refractivity contribution in [2.45, 2.75) is 36.5 Å². The number of anilines is 2. The molecule has 50 heavy (non-hydrogen) atoms. The van der Waals surface area contributed by atoms with Crippen LogP contribution in [0, 0.1) is 11.8 Å². The summed E-state index contributed by atoms with van der Waals surface area (Å²) in [7, 11) is -1.47. The Morgan fingerprint density at radius 1 is 0.920 bits per heavy atom. The number of hydrogen-bond acceptors (Lipinski definition) is 9. The number of nitrogens with zero attached hydrogens (tertiary/aromatic N) is 2. The van der Waals surface area contributed by atoms with Crippen LogP contribution in [0.5, 0.6) is 0 Å². The highest BCUT2D eigenvalue weighted by atomic mass is 35.5. The van der Waals surface area contributed by atoms with E-state index in [-0.39, 0.29) is 79.4 Å². The van der Waals surface area contributed by atoms with Gasteiger partial charge in [-0.2, -0.15) is 13.2 Å². The average Bonchev–Trinajstić information content (AvgIpc) is 3.38. The zero-order valence-corrected chi connectivity index (χ0v) is 31.1. The number of ether oxygens (including phenoxy) is 3. The minimum atomic E-state index is -4.42. The largest absolute Gasteiger partial charge is 0.406 e. The number of alkyl halides is 3. The number of fused-ring (bicyclic) bond motifs is 1. The second-order valence-electron chi connectivity index (χ2n) is 11.3. The van der Waals surface area contributed by atoms with E-state index in [2.05, 4.69) is 34.4 Å². The summed E-state index contributed by atoms with van der Waals surface area (Å²) in [5, 5.41) is 7.32. The summed E-state index contributed by atoms with van der Waals surface area (Å²) in [5.74, 6) is 5.65. The van der Waals surface area contributed by atoms with Crippen LogP contribution in [0.4, 0.5) is 24.5 Å². The first-order valence-corrected chi connectivity index (χ1v) is 17.3. The van der Waals surface area contributed by atoms with E-state index in [1.165, 1.54) is 16.7 Å². The highest BCUT2D eigenvalue weighted by molar-refractivity contribution is 7.91. The molecule has 2 aromatic carbocycles. The molecule has 4 rings (SSSR count). The molecule has 1 saturated heterocycles. The van der Waals surface area contributed by atoms with Gasteiger partial charge in [-0.25, -0.2) is 8.42 Å². The van der Waals surface area contributed by atoms with Gasteiger partial charge in [0.1, 0.15) is 6.54 Å². The number of rotatable bonds is 17. The van der Waals surface area contributed by atoms with Crippen molar-refractivity contribution >= 4 is 69.3 Å². The molecule has 0 radical (unpaired) electrons. The molecule has 0 saturated carbocycles. The molecular weight excluding hydrogens is 742 g/mol. The highest BCUT2D eigenvalue weighted by Crippen LogP contribution is 2.31. The van der Waals surface area contributed by atoms with E-state index in [9.17, 15) is 21.6 Å². The van der Waals surface area contributed by atoms with Crippen LogP contribution in [0.15, 0.2) is 53.4 Å². The Kier molecular flexibility index (Phi) is 20.5. The molecule has 2 heterocycles. The maximum atomic E-state index is 13.6. The van der Waals surface area contributed by atoms with E-state index in [1.54, 1.807) is 30.3 Å². The van der Waals surface area contributed by atoms with Crippen LogP contribution >= 0.6 is 37.2 Å². The summed E-state index contributed by atoms with van der Waals surface area (Å²) in [6.45, 7) is 3.33. The van der Waals surface area contributed by atoms with Gasteiger partial charge in [0.15, 0.2) is 9.84 Å². The van der Waals surface area contributed by atoms with Crippen molar-refractivity contribution in [3.05, 3.63) is 54.2 Å². The van der Waals surface area contributed by atoms with Crippen LogP contribution < -0.4 is 16.4 Å². The monoisotopic (exact) mass is 787 g/mol. The van der Waals surface area contributed by atoms with Crippen molar-refractivity contribution in [2.24, 2.45) is 5.73 Å². The maximum Gasteiger partial charge on any atom is 0.406 e. The number of aromatic nitrogens is 1. The first-order chi connectivity index (χ1) is 22.6.